The summed E-state index contributed by atoms with van der Waals surface area (Å²) in [5.74, 6) is 0.384. The van der Waals surface area contributed by atoms with E-state index in [1.165, 1.54) is 0 Å². The van der Waals surface area contributed by atoms with Crippen molar-refractivity contribution in [2.75, 3.05) is 7.11 Å². The first-order chi connectivity index (χ1) is 6.69. The smallest absolute Gasteiger partial charge is 0.248 e. The van der Waals surface area contributed by atoms with Crippen LogP contribution < -0.4 is 10.5 Å². The van der Waals surface area contributed by atoms with Crippen LogP contribution in [0.2, 0.25) is 0 Å². The lowest BCUT2D eigenvalue weighted by Gasteiger charge is -2.07. The Morgan fingerprint density at radius 3 is 2.71 bits per heavy atom. The summed E-state index contributed by atoms with van der Waals surface area (Å²) in [5.41, 5.74) is 6.80. The third-order valence-electron chi connectivity index (χ3n) is 2.10. The van der Waals surface area contributed by atoms with E-state index in [0.29, 0.717) is 5.56 Å². The molecule has 0 unspecified atom stereocenters. The first kappa shape index (κ1) is 10.6. The summed E-state index contributed by atoms with van der Waals surface area (Å²) in [4.78, 5) is 11.1. The van der Waals surface area contributed by atoms with Crippen LogP contribution >= 0.6 is 0 Å². The van der Waals surface area contributed by atoms with Crippen molar-refractivity contribution >= 4 is 5.91 Å². The van der Waals surface area contributed by atoms with E-state index in [2.05, 4.69) is 6.92 Å². The van der Waals surface area contributed by atoms with Gasteiger partial charge in [-0.05, 0) is 30.2 Å². The molecule has 76 valence electrons. The van der Waals surface area contributed by atoms with Gasteiger partial charge in [0.2, 0.25) is 5.91 Å². The van der Waals surface area contributed by atoms with E-state index in [-0.39, 0.29) is 5.91 Å². The fraction of sp³-hybridized carbons (Fsp3) is 0.364. The number of nitrogens with two attached hydrogens (primary N) is 1. The van der Waals surface area contributed by atoms with Gasteiger partial charge in [0.15, 0.2) is 0 Å². The van der Waals surface area contributed by atoms with Crippen LogP contribution in [0.5, 0.6) is 5.75 Å². The molecule has 3 nitrogen and oxygen atoms in total. The van der Waals surface area contributed by atoms with E-state index in [0.717, 1.165) is 24.2 Å². The van der Waals surface area contributed by atoms with Crippen molar-refractivity contribution < 1.29 is 9.53 Å². The quantitative estimate of drug-likeness (QED) is 0.792. The Labute approximate surface area is 83.9 Å². The average Bonchev–Trinajstić information content (AvgIpc) is 2.17. The molecule has 0 bridgehead atoms. The van der Waals surface area contributed by atoms with Crippen LogP contribution in [0.15, 0.2) is 18.2 Å². The Bertz CT molecular complexity index is 334. The fourth-order valence-corrected chi connectivity index (χ4v) is 1.41. The normalized spacial score (nSPS) is 9.86. The van der Waals surface area contributed by atoms with E-state index in [4.69, 9.17) is 10.5 Å². The summed E-state index contributed by atoms with van der Waals surface area (Å²) in [5, 5.41) is 0. The molecule has 0 aliphatic rings. The number of carbonyl (C=O) groups excluding carboxylic acids is 1. The molecule has 1 aromatic rings. The molecule has 0 aliphatic carbocycles. The van der Waals surface area contributed by atoms with Gasteiger partial charge in [-0.1, -0.05) is 13.3 Å². The number of primary amides is 1. The molecule has 0 saturated heterocycles. The van der Waals surface area contributed by atoms with Crippen LogP contribution in [0.25, 0.3) is 0 Å². The molecule has 3 heteroatoms. The van der Waals surface area contributed by atoms with Gasteiger partial charge in [0.05, 0.1) is 7.11 Å². The van der Waals surface area contributed by atoms with Crippen molar-refractivity contribution in [3.05, 3.63) is 29.3 Å². The molecular formula is C11H15NO2. The second-order valence-corrected chi connectivity index (χ2v) is 3.14. The third-order valence-corrected chi connectivity index (χ3v) is 2.10. The number of aryl methyl sites for hydroxylation is 1. The van der Waals surface area contributed by atoms with Gasteiger partial charge in [-0.2, -0.15) is 0 Å². The molecular weight excluding hydrogens is 178 g/mol. The number of hydrogen-bond acceptors (Lipinski definition) is 2. The van der Waals surface area contributed by atoms with E-state index < -0.39 is 0 Å². The Morgan fingerprint density at radius 2 is 2.21 bits per heavy atom. The minimum absolute atomic E-state index is 0.379. The summed E-state index contributed by atoms with van der Waals surface area (Å²) >= 11 is 0. The highest BCUT2D eigenvalue weighted by Gasteiger charge is 2.08. The number of benzene rings is 1. The van der Waals surface area contributed by atoms with Gasteiger partial charge in [0.25, 0.3) is 0 Å². The zero-order valence-electron chi connectivity index (χ0n) is 8.54. The molecule has 0 fully saturated rings. The number of carbonyl (C=O) groups is 1. The Kier molecular flexibility index (Phi) is 3.51. The summed E-state index contributed by atoms with van der Waals surface area (Å²) in [7, 11) is 1.61. The Morgan fingerprint density at radius 1 is 1.50 bits per heavy atom. The number of amides is 1. The first-order valence-electron chi connectivity index (χ1n) is 4.65. The van der Waals surface area contributed by atoms with Gasteiger partial charge in [0, 0.05) is 5.56 Å². The monoisotopic (exact) mass is 193 g/mol. The Balaban J connectivity index is 3.10. The predicted octanol–water partition coefficient (Wildman–Crippen LogP) is 1.75. The van der Waals surface area contributed by atoms with Gasteiger partial charge < -0.3 is 10.5 Å². The molecule has 2 N–H and O–H groups in total. The highest BCUT2D eigenvalue weighted by molar-refractivity contribution is 5.94. The molecule has 1 amide bonds. The van der Waals surface area contributed by atoms with Gasteiger partial charge in [-0.25, -0.2) is 0 Å². The minimum Gasteiger partial charge on any atom is -0.497 e. The lowest BCUT2D eigenvalue weighted by atomic mass is 10.0. The van der Waals surface area contributed by atoms with Crippen LogP contribution in [0.1, 0.15) is 29.3 Å². The molecule has 0 saturated carbocycles. The van der Waals surface area contributed by atoms with Crippen LogP contribution in [-0.2, 0) is 6.42 Å². The maximum atomic E-state index is 11.1. The van der Waals surface area contributed by atoms with Crippen molar-refractivity contribution in [1.29, 1.82) is 0 Å². The molecule has 14 heavy (non-hydrogen) atoms. The zero-order chi connectivity index (χ0) is 10.6. The van der Waals surface area contributed by atoms with Crippen LogP contribution in [0, 0.1) is 0 Å². The number of hydrogen-bond donors (Lipinski definition) is 1. The van der Waals surface area contributed by atoms with Crippen LogP contribution in [-0.4, -0.2) is 13.0 Å². The minimum atomic E-state index is -0.379. The van der Waals surface area contributed by atoms with Crippen molar-refractivity contribution in [3.8, 4) is 5.75 Å². The molecule has 0 atom stereocenters. The first-order valence-corrected chi connectivity index (χ1v) is 4.65. The summed E-state index contributed by atoms with van der Waals surface area (Å²) in [6.45, 7) is 2.06. The van der Waals surface area contributed by atoms with Crippen molar-refractivity contribution in [1.82, 2.24) is 0 Å². The molecule has 0 spiro atoms. The number of ether oxygens (including phenoxy) is 1. The molecule has 1 rings (SSSR count). The summed E-state index contributed by atoms with van der Waals surface area (Å²) in [6.07, 6.45) is 1.82. The topological polar surface area (TPSA) is 52.3 Å². The molecule has 0 radical (unpaired) electrons. The SMILES string of the molecule is CCCc1cc(OC)ccc1C(N)=O. The van der Waals surface area contributed by atoms with E-state index in [1.807, 2.05) is 6.07 Å². The van der Waals surface area contributed by atoms with Crippen molar-refractivity contribution in [2.45, 2.75) is 19.8 Å². The lowest BCUT2D eigenvalue weighted by Crippen LogP contribution is -2.13. The van der Waals surface area contributed by atoms with Crippen LogP contribution in [0.3, 0.4) is 0 Å². The van der Waals surface area contributed by atoms with E-state index >= 15 is 0 Å². The standard InChI is InChI=1S/C11H15NO2/c1-3-4-8-7-9(14-2)5-6-10(8)11(12)13/h5-7H,3-4H2,1-2H3,(H2,12,13). The van der Waals surface area contributed by atoms with E-state index in [1.54, 1.807) is 19.2 Å². The fourth-order valence-electron chi connectivity index (χ4n) is 1.41. The molecule has 1 aromatic carbocycles. The average molecular weight is 193 g/mol. The maximum absolute atomic E-state index is 11.1. The lowest BCUT2D eigenvalue weighted by molar-refractivity contribution is 0.0999. The number of methoxy groups -OCH3 is 1. The van der Waals surface area contributed by atoms with Gasteiger partial charge in [0.1, 0.15) is 5.75 Å². The largest absolute Gasteiger partial charge is 0.497 e. The van der Waals surface area contributed by atoms with Crippen molar-refractivity contribution in [3.63, 3.8) is 0 Å². The third kappa shape index (κ3) is 2.25. The number of rotatable bonds is 4. The Hall–Kier alpha value is -1.51. The second-order valence-electron chi connectivity index (χ2n) is 3.14. The van der Waals surface area contributed by atoms with Gasteiger partial charge in [-0.3, -0.25) is 4.79 Å². The highest BCUT2D eigenvalue weighted by atomic mass is 16.5. The predicted molar refractivity (Wildman–Crippen MR) is 55.5 cm³/mol. The van der Waals surface area contributed by atoms with Crippen molar-refractivity contribution in [2.24, 2.45) is 5.73 Å². The highest BCUT2D eigenvalue weighted by Crippen LogP contribution is 2.18. The second kappa shape index (κ2) is 4.65. The summed E-state index contributed by atoms with van der Waals surface area (Å²) < 4.78 is 5.08. The molecule has 0 heterocycles. The van der Waals surface area contributed by atoms with Gasteiger partial charge in [-0.15, -0.1) is 0 Å². The molecule has 0 aromatic heterocycles. The van der Waals surface area contributed by atoms with Gasteiger partial charge >= 0.3 is 0 Å². The maximum Gasteiger partial charge on any atom is 0.248 e. The van der Waals surface area contributed by atoms with E-state index in [9.17, 15) is 4.79 Å². The molecule has 0 aliphatic heterocycles. The summed E-state index contributed by atoms with van der Waals surface area (Å²) in [6, 6.07) is 5.33. The van der Waals surface area contributed by atoms with Crippen LogP contribution in [0.4, 0.5) is 0 Å². The zero-order valence-corrected chi connectivity index (χ0v) is 8.54.